The van der Waals surface area contributed by atoms with Gasteiger partial charge in [0.2, 0.25) is 0 Å². The van der Waals surface area contributed by atoms with Crippen molar-refractivity contribution in [3.05, 3.63) is 6.07 Å². The number of nitrogens with zero attached hydrogens (tertiary/aromatic N) is 4. The number of anilines is 1. The van der Waals surface area contributed by atoms with Crippen LogP contribution < -0.4 is 8.61 Å². The molecule has 1 aliphatic heterocycles. The maximum atomic E-state index is 10.4. The van der Waals surface area contributed by atoms with Gasteiger partial charge in [-0.15, -0.1) is 0 Å². The number of ether oxygens (including phenoxy) is 1. The van der Waals surface area contributed by atoms with Crippen molar-refractivity contribution < 1.29 is 9.84 Å². The summed E-state index contributed by atoms with van der Waals surface area (Å²) in [5.41, 5.74) is 1.87. The molecule has 1 aliphatic rings. The molecule has 0 radical (unpaired) electrons. The van der Waals surface area contributed by atoms with E-state index >= 15 is 0 Å². The van der Waals surface area contributed by atoms with E-state index < -0.39 is 18.4 Å². The minimum atomic E-state index is -2.70. The van der Waals surface area contributed by atoms with Gasteiger partial charge in [-0.1, -0.05) is 0 Å². The Bertz CT molecular complexity index is 795. The fourth-order valence-corrected chi connectivity index (χ4v) is 20.1. The number of unbranched alkanes of at least 4 members (excludes halogenated alkanes) is 3. The fraction of sp³-hybridized carbons (Fsp3) is 0.739. The zero-order valence-corrected chi connectivity index (χ0v) is 22.3. The molecule has 0 bridgehead atoms. The number of aryl methyl sites for hydroxylation is 1. The van der Waals surface area contributed by atoms with E-state index in [9.17, 15) is 5.11 Å². The van der Waals surface area contributed by atoms with E-state index in [1.807, 2.05) is 11.6 Å². The molecule has 0 spiro atoms. The topological polar surface area (TPSA) is 63.4 Å². The number of rotatable bonds is 11. The third-order valence-corrected chi connectivity index (χ3v) is 21.8. The summed E-state index contributed by atoms with van der Waals surface area (Å²) in [5, 5.41) is 10.4. The number of aromatic nitrogens is 3. The summed E-state index contributed by atoms with van der Waals surface area (Å²) >= 11 is -2.70. The molecule has 2 aromatic rings. The normalized spacial score (nSPS) is 15.3. The van der Waals surface area contributed by atoms with Crippen LogP contribution in [0.5, 0.6) is 6.01 Å². The molecule has 30 heavy (non-hydrogen) atoms. The predicted molar refractivity (Wildman–Crippen MR) is 128 cm³/mol. The van der Waals surface area contributed by atoms with Crippen molar-refractivity contribution in [2.45, 2.75) is 72.6 Å². The molecule has 2 aromatic heterocycles. The first kappa shape index (κ1) is 23.6. The van der Waals surface area contributed by atoms with Crippen LogP contribution in [0.1, 0.15) is 59.3 Å². The first-order valence-corrected chi connectivity index (χ1v) is 19.4. The molecule has 3 rings (SSSR count). The van der Waals surface area contributed by atoms with Gasteiger partial charge in [-0.3, -0.25) is 0 Å². The first-order chi connectivity index (χ1) is 14.6. The van der Waals surface area contributed by atoms with E-state index in [2.05, 4.69) is 36.7 Å². The van der Waals surface area contributed by atoms with Gasteiger partial charge in [-0.25, -0.2) is 0 Å². The van der Waals surface area contributed by atoms with Gasteiger partial charge >= 0.3 is 186 Å². The molecule has 1 fully saturated rings. The first-order valence-electron chi connectivity index (χ1n) is 12.0. The van der Waals surface area contributed by atoms with E-state index in [-0.39, 0.29) is 6.01 Å². The standard InChI is InChI=1S/C11H13N4O2.3C4H9.Sn/c1-14-8-2-3-12-10(9(8)13-11(14)16)15-4-6-17-7-5-15;3*1-3-4-2;/h2H,4-7H2,1H3,(H,13,16);3*1,3-4H2,2H3;. The van der Waals surface area contributed by atoms with Crippen LogP contribution in [0.25, 0.3) is 11.0 Å². The molecule has 1 N–H and O–H groups in total. The zero-order chi connectivity index (χ0) is 21.6. The number of aromatic hydroxyl groups is 1. The molecule has 0 amide bonds. The average molecular weight is 523 g/mol. The summed E-state index contributed by atoms with van der Waals surface area (Å²) < 4.78 is 13.0. The number of imidazole rings is 1. The summed E-state index contributed by atoms with van der Waals surface area (Å²) in [6.07, 6.45) is 7.69. The molecular formula is C23H40N4O2Sn. The van der Waals surface area contributed by atoms with E-state index in [0.29, 0.717) is 0 Å². The number of hydrogen-bond acceptors (Lipinski definition) is 5. The van der Waals surface area contributed by atoms with E-state index in [1.165, 1.54) is 55.5 Å². The number of hydrogen-bond donors (Lipinski definition) is 1. The Kier molecular flexibility index (Phi) is 8.69. The summed E-state index contributed by atoms with van der Waals surface area (Å²) in [7, 11) is 1.92. The van der Waals surface area contributed by atoms with Crippen LogP contribution in [-0.2, 0) is 11.8 Å². The molecule has 0 atom stereocenters. The minimum absolute atomic E-state index is 0.0786. The van der Waals surface area contributed by atoms with Crippen LogP contribution in [0.2, 0.25) is 13.3 Å². The Balaban J connectivity index is 2.16. The van der Waals surface area contributed by atoms with Gasteiger partial charge in [0.05, 0.1) is 0 Å². The van der Waals surface area contributed by atoms with Gasteiger partial charge in [0.15, 0.2) is 0 Å². The van der Waals surface area contributed by atoms with Gasteiger partial charge < -0.3 is 0 Å². The van der Waals surface area contributed by atoms with Crippen molar-refractivity contribution in [3.63, 3.8) is 0 Å². The second-order valence-corrected chi connectivity index (χ2v) is 21.9. The second kappa shape index (κ2) is 11.0. The van der Waals surface area contributed by atoms with E-state index in [1.54, 1.807) is 0 Å². The second-order valence-electron chi connectivity index (χ2n) is 8.86. The molecule has 6 nitrogen and oxygen atoms in total. The van der Waals surface area contributed by atoms with Gasteiger partial charge in [0.1, 0.15) is 0 Å². The zero-order valence-electron chi connectivity index (χ0n) is 19.4. The summed E-state index contributed by atoms with van der Waals surface area (Å²) in [6, 6.07) is 2.39. The average Bonchev–Trinajstić information content (AvgIpc) is 3.07. The molecule has 0 saturated carbocycles. The predicted octanol–water partition coefficient (Wildman–Crippen LogP) is 4.57. The Hall–Kier alpha value is -1.02. The summed E-state index contributed by atoms with van der Waals surface area (Å²) in [6.45, 7) is 10.1. The Morgan fingerprint density at radius 2 is 1.53 bits per heavy atom. The molecule has 0 aromatic carbocycles. The summed E-state index contributed by atoms with van der Waals surface area (Å²) in [5.74, 6) is 0.965. The van der Waals surface area contributed by atoms with Crippen molar-refractivity contribution in [1.82, 2.24) is 14.5 Å². The monoisotopic (exact) mass is 524 g/mol. The quantitative estimate of drug-likeness (QED) is 0.438. The van der Waals surface area contributed by atoms with Gasteiger partial charge in [-0.2, -0.15) is 0 Å². The SMILES string of the molecule is CCC[CH2][Sn]([CH2]CCC)([CH2]CCC)[c]1cc2c(nc(O)n2C)c(N2CCOCC2)n1. The molecule has 3 heterocycles. The van der Waals surface area contributed by atoms with Crippen LogP contribution in [0.15, 0.2) is 6.07 Å². The van der Waals surface area contributed by atoms with Crippen LogP contribution in [0.4, 0.5) is 5.82 Å². The van der Waals surface area contributed by atoms with Crippen LogP contribution >= 0.6 is 0 Å². The van der Waals surface area contributed by atoms with Crippen molar-refractivity contribution in [2.24, 2.45) is 7.05 Å². The Labute approximate surface area is 185 Å². The van der Waals surface area contributed by atoms with E-state index in [4.69, 9.17) is 9.72 Å². The third kappa shape index (κ3) is 5.06. The van der Waals surface area contributed by atoms with Gasteiger partial charge in [0, 0.05) is 0 Å². The van der Waals surface area contributed by atoms with Crippen molar-refractivity contribution >= 4 is 38.9 Å². The van der Waals surface area contributed by atoms with Crippen molar-refractivity contribution in [3.8, 4) is 6.01 Å². The van der Waals surface area contributed by atoms with Crippen molar-refractivity contribution in [1.29, 1.82) is 0 Å². The molecule has 168 valence electrons. The van der Waals surface area contributed by atoms with Gasteiger partial charge in [0.25, 0.3) is 0 Å². The van der Waals surface area contributed by atoms with E-state index in [0.717, 1.165) is 43.2 Å². The molecule has 7 heteroatoms. The van der Waals surface area contributed by atoms with Gasteiger partial charge in [-0.05, 0) is 0 Å². The molecule has 1 saturated heterocycles. The molecule has 0 aliphatic carbocycles. The third-order valence-electron chi connectivity index (χ3n) is 6.71. The number of pyridine rings is 1. The fourth-order valence-electron chi connectivity index (χ4n) is 4.73. The Morgan fingerprint density at radius 3 is 2.07 bits per heavy atom. The molecule has 0 unspecified atom stereocenters. The number of fused-ring (bicyclic) bond motifs is 1. The van der Waals surface area contributed by atoms with Crippen LogP contribution in [-0.4, -0.2) is 64.3 Å². The Morgan fingerprint density at radius 1 is 0.967 bits per heavy atom. The maximum absolute atomic E-state index is 10.4. The number of morpholine rings is 1. The van der Waals surface area contributed by atoms with Crippen LogP contribution in [0.3, 0.4) is 0 Å². The summed E-state index contributed by atoms with van der Waals surface area (Å²) in [4.78, 5) is 12.2. The van der Waals surface area contributed by atoms with Crippen molar-refractivity contribution in [2.75, 3.05) is 31.2 Å². The molecular weight excluding hydrogens is 483 g/mol. The van der Waals surface area contributed by atoms with Crippen LogP contribution in [0, 0.1) is 0 Å².